The van der Waals surface area contributed by atoms with Crippen LogP contribution in [0.1, 0.15) is 34.5 Å². The largest absolute Gasteiger partial charge is 0.503 e. The predicted octanol–water partition coefficient (Wildman–Crippen LogP) is 3.49. The Morgan fingerprint density at radius 3 is 2.29 bits per heavy atom. The smallest absolute Gasteiger partial charge is 0.262 e. The Balaban J connectivity index is 2.39. The van der Waals surface area contributed by atoms with Gasteiger partial charge in [0.05, 0.1) is 11.4 Å². The third-order valence-corrected chi connectivity index (χ3v) is 4.64. The molecule has 3 aromatic rings. The van der Waals surface area contributed by atoms with Gasteiger partial charge in [0, 0.05) is 22.7 Å². The van der Waals surface area contributed by atoms with Crippen molar-refractivity contribution in [1.29, 1.82) is 0 Å². The van der Waals surface area contributed by atoms with Gasteiger partial charge in [-0.1, -0.05) is 0 Å². The van der Waals surface area contributed by atoms with Crippen molar-refractivity contribution in [2.45, 2.75) is 19.8 Å². The summed E-state index contributed by atoms with van der Waals surface area (Å²) in [4.78, 5) is 24.6. The summed E-state index contributed by atoms with van der Waals surface area (Å²) in [6.45, 7) is 2.72. The zero-order chi connectivity index (χ0) is 20.9. The summed E-state index contributed by atoms with van der Waals surface area (Å²) in [7, 11) is 0. The average molecular weight is 394 g/mol. The second kappa shape index (κ2) is 6.66. The van der Waals surface area contributed by atoms with Gasteiger partial charge in [0.25, 0.3) is 5.91 Å². The lowest BCUT2D eigenvalue weighted by atomic mass is 9.97. The number of aromatic hydroxyl groups is 1. The van der Waals surface area contributed by atoms with E-state index in [0.29, 0.717) is 6.07 Å². The highest BCUT2D eigenvalue weighted by Crippen LogP contribution is 2.38. The molecule has 1 heterocycles. The fraction of sp³-hybridized carbons (Fsp3) is 0.158. The Kier molecular flexibility index (Phi) is 4.62. The van der Waals surface area contributed by atoms with E-state index in [0.717, 1.165) is 22.8 Å². The Morgan fingerprint density at radius 2 is 1.71 bits per heavy atom. The molecule has 3 N–H and O–H groups in total. The lowest BCUT2D eigenvalue weighted by Gasteiger charge is -2.10. The van der Waals surface area contributed by atoms with Crippen molar-refractivity contribution in [2.75, 3.05) is 0 Å². The highest BCUT2D eigenvalue weighted by molar-refractivity contribution is 6.05. The van der Waals surface area contributed by atoms with Gasteiger partial charge in [0.1, 0.15) is 0 Å². The third kappa shape index (κ3) is 2.79. The van der Waals surface area contributed by atoms with E-state index in [4.69, 9.17) is 5.73 Å². The van der Waals surface area contributed by atoms with E-state index in [1.807, 2.05) is 0 Å². The van der Waals surface area contributed by atoms with Gasteiger partial charge in [-0.2, -0.15) is 0 Å². The minimum Gasteiger partial charge on any atom is -0.503 e. The summed E-state index contributed by atoms with van der Waals surface area (Å²) in [6, 6.07) is 3.11. The normalized spacial score (nSPS) is 12.4. The Morgan fingerprint density at radius 1 is 1.07 bits per heavy atom. The number of hydrogen-bond acceptors (Lipinski definition) is 3. The predicted molar refractivity (Wildman–Crippen MR) is 92.0 cm³/mol. The minimum atomic E-state index is -1.36. The maximum absolute atomic E-state index is 14.6. The molecule has 0 spiro atoms. The molecule has 1 atom stereocenters. The molecule has 0 radical (unpaired) electrons. The molecule has 0 saturated carbocycles. The van der Waals surface area contributed by atoms with Gasteiger partial charge in [-0.3, -0.25) is 14.2 Å². The maximum atomic E-state index is 14.6. The number of carbonyl (C=O) groups excluding carboxylic acids is 2. The number of aromatic nitrogens is 1. The summed E-state index contributed by atoms with van der Waals surface area (Å²) in [6.07, 6.45) is 0. The molecule has 0 fully saturated rings. The molecule has 0 aliphatic carbocycles. The van der Waals surface area contributed by atoms with Crippen LogP contribution in [-0.4, -0.2) is 21.5 Å². The van der Waals surface area contributed by atoms with Crippen molar-refractivity contribution in [3.8, 4) is 5.75 Å². The fourth-order valence-electron chi connectivity index (χ4n) is 3.20. The lowest BCUT2D eigenvalue weighted by Crippen LogP contribution is -2.20. The van der Waals surface area contributed by atoms with E-state index in [1.54, 1.807) is 0 Å². The van der Waals surface area contributed by atoms with Crippen LogP contribution in [0.15, 0.2) is 24.3 Å². The van der Waals surface area contributed by atoms with Crippen molar-refractivity contribution in [3.05, 3.63) is 64.4 Å². The number of fused-ring (bicyclic) bond motifs is 1. The number of phenolic OH excluding ortho intramolecular Hbond substituents is 1. The Hall–Kier alpha value is -3.36. The van der Waals surface area contributed by atoms with Gasteiger partial charge in [0.15, 0.2) is 29.0 Å². The summed E-state index contributed by atoms with van der Waals surface area (Å²) in [5.74, 6) is -9.25. The molecule has 0 unspecified atom stereocenters. The molecule has 5 nitrogen and oxygen atoms in total. The van der Waals surface area contributed by atoms with Gasteiger partial charge in [-0.25, -0.2) is 17.6 Å². The molecule has 9 heteroatoms. The fourth-order valence-corrected chi connectivity index (χ4v) is 3.20. The first-order valence-corrected chi connectivity index (χ1v) is 8.07. The number of rotatable bonds is 3. The number of phenols is 1. The van der Waals surface area contributed by atoms with Crippen LogP contribution >= 0.6 is 0 Å². The first-order chi connectivity index (χ1) is 13.1. The number of nitrogens with zero attached hydrogens (tertiary/aromatic N) is 1. The molecule has 28 heavy (non-hydrogen) atoms. The second-order valence-electron chi connectivity index (χ2n) is 6.31. The topological polar surface area (TPSA) is 85.3 Å². The molecule has 2 aromatic carbocycles. The van der Waals surface area contributed by atoms with Gasteiger partial charge < -0.3 is 10.8 Å². The summed E-state index contributed by atoms with van der Waals surface area (Å²) in [5.41, 5.74) is 4.74. The van der Waals surface area contributed by atoms with Crippen molar-refractivity contribution in [1.82, 2.24) is 4.57 Å². The molecule has 0 aliphatic rings. The number of carbonyl (C=O) groups is 2. The summed E-state index contributed by atoms with van der Waals surface area (Å²) < 4.78 is 56.2. The van der Waals surface area contributed by atoms with E-state index in [2.05, 4.69) is 0 Å². The SMILES string of the molecule is Cc1c([C@@H](C)C(N)=O)c2c(F)c(O)c(F)cc2n1C(=O)c1ccc(F)c(F)c1. The number of amides is 1. The zero-order valence-corrected chi connectivity index (χ0v) is 14.7. The number of benzene rings is 2. The van der Waals surface area contributed by atoms with Gasteiger partial charge in [0.2, 0.25) is 5.91 Å². The van der Waals surface area contributed by atoms with Crippen LogP contribution in [0.5, 0.6) is 5.75 Å². The first kappa shape index (κ1) is 19.4. The van der Waals surface area contributed by atoms with E-state index in [-0.39, 0.29) is 27.7 Å². The molecular formula is C19H14F4N2O3. The van der Waals surface area contributed by atoms with Crippen LogP contribution in [0.2, 0.25) is 0 Å². The first-order valence-electron chi connectivity index (χ1n) is 8.07. The van der Waals surface area contributed by atoms with Gasteiger partial charge in [-0.05, 0) is 37.6 Å². The van der Waals surface area contributed by atoms with Crippen LogP contribution < -0.4 is 5.73 Å². The standard InChI is InChI=1S/C19H14F4N2O3/c1-7(18(24)27)14-8(2)25(13-6-12(22)17(26)16(23)15(13)14)19(28)9-3-4-10(20)11(21)5-9/h3-7,26H,1-2H3,(H2,24,27)/t7-/m1/s1. The molecule has 0 saturated heterocycles. The Labute approximate surface area is 156 Å². The van der Waals surface area contributed by atoms with Crippen molar-refractivity contribution in [2.24, 2.45) is 5.73 Å². The lowest BCUT2D eigenvalue weighted by molar-refractivity contribution is -0.119. The number of nitrogens with two attached hydrogens (primary N) is 1. The molecule has 3 rings (SSSR count). The van der Waals surface area contributed by atoms with Crippen LogP contribution in [0, 0.1) is 30.2 Å². The maximum Gasteiger partial charge on any atom is 0.262 e. The van der Waals surface area contributed by atoms with Crippen LogP contribution in [0.25, 0.3) is 10.9 Å². The quantitative estimate of drug-likeness (QED) is 0.667. The Bertz CT molecular complexity index is 1150. The highest BCUT2D eigenvalue weighted by atomic mass is 19.2. The monoisotopic (exact) mass is 394 g/mol. The zero-order valence-electron chi connectivity index (χ0n) is 14.7. The van der Waals surface area contributed by atoms with Crippen LogP contribution in [0.3, 0.4) is 0 Å². The molecule has 0 aliphatic heterocycles. The molecule has 0 bridgehead atoms. The summed E-state index contributed by atoms with van der Waals surface area (Å²) >= 11 is 0. The van der Waals surface area contributed by atoms with Gasteiger partial charge in [-0.15, -0.1) is 0 Å². The summed E-state index contributed by atoms with van der Waals surface area (Å²) in [5, 5.41) is 9.26. The van der Waals surface area contributed by atoms with Crippen molar-refractivity contribution >= 4 is 22.7 Å². The molecule has 146 valence electrons. The second-order valence-corrected chi connectivity index (χ2v) is 6.31. The van der Waals surface area contributed by atoms with Crippen LogP contribution in [-0.2, 0) is 4.79 Å². The van der Waals surface area contributed by atoms with E-state index < -0.39 is 46.8 Å². The number of hydrogen-bond donors (Lipinski definition) is 2. The highest BCUT2D eigenvalue weighted by Gasteiger charge is 2.30. The minimum absolute atomic E-state index is 0.0220. The van der Waals surface area contributed by atoms with Crippen molar-refractivity contribution < 1.29 is 32.3 Å². The number of primary amides is 1. The number of halogens is 4. The third-order valence-electron chi connectivity index (χ3n) is 4.64. The van der Waals surface area contributed by atoms with Crippen LogP contribution in [0.4, 0.5) is 17.6 Å². The van der Waals surface area contributed by atoms with Crippen molar-refractivity contribution in [3.63, 3.8) is 0 Å². The van der Waals surface area contributed by atoms with E-state index >= 15 is 0 Å². The van der Waals surface area contributed by atoms with Gasteiger partial charge >= 0.3 is 0 Å². The molecular weight excluding hydrogens is 380 g/mol. The molecule has 1 aromatic heterocycles. The van der Waals surface area contributed by atoms with E-state index in [9.17, 15) is 32.3 Å². The average Bonchev–Trinajstić information content (AvgIpc) is 2.92. The van der Waals surface area contributed by atoms with E-state index in [1.165, 1.54) is 13.8 Å². The molecule has 1 amide bonds.